The van der Waals surface area contributed by atoms with Crippen LogP contribution in [0.5, 0.6) is 0 Å². The van der Waals surface area contributed by atoms with Crippen molar-refractivity contribution in [1.29, 1.82) is 5.26 Å². The average Bonchev–Trinajstić information content (AvgIpc) is 2.63. The first kappa shape index (κ1) is 19.2. The van der Waals surface area contributed by atoms with E-state index < -0.39 is 0 Å². The van der Waals surface area contributed by atoms with E-state index >= 15 is 0 Å². The summed E-state index contributed by atoms with van der Waals surface area (Å²) >= 11 is 0. The minimum Gasteiger partial charge on any atom is -0.376 e. The standard InChI is InChI=1S/C21H23N3O2/c1-15-7-4-10-20(16(15)2)24(12-6-11-22)21(26)14-23-19-9-5-8-18(13-19)17(3)25/h4-5,7-10,13,23H,6,12,14H2,1-3H3. The van der Waals surface area contributed by atoms with Gasteiger partial charge in [0.25, 0.3) is 0 Å². The molecule has 5 nitrogen and oxygen atoms in total. The highest BCUT2D eigenvalue weighted by Gasteiger charge is 2.18. The zero-order valence-electron chi connectivity index (χ0n) is 15.4. The monoisotopic (exact) mass is 349 g/mol. The van der Waals surface area contributed by atoms with Gasteiger partial charge in [-0.1, -0.05) is 24.3 Å². The van der Waals surface area contributed by atoms with Gasteiger partial charge in [-0.15, -0.1) is 0 Å². The molecule has 0 saturated carbocycles. The van der Waals surface area contributed by atoms with E-state index in [-0.39, 0.29) is 24.7 Å². The van der Waals surface area contributed by atoms with Crippen LogP contribution in [0.15, 0.2) is 42.5 Å². The lowest BCUT2D eigenvalue weighted by Crippen LogP contribution is -2.37. The Kier molecular flexibility index (Phi) is 6.51. The maximum absolute atomic E-state index is 12.8. The fraction of sp³-hybridized carbons (Fsp3) is 0.286. The van der Waals surface area contributed by atoms with Gasteiger partial charge in [-0.25, -0.2) is 0 Å². The van der Waals surface area contributed by atoms with E-state index in [1.807, 2.05) is 38.1 Å². The number of amides is 1. The van der Waals surface area contributed by atoms with Gasteiger partial charge in [0.05, 0.1) is 19.0 Å². The lowest BCUT2D eigenvalue weighted by atomic mass is 10.1. The molecule has 1 amide bonds. The number of ketones is 1. The number of carbonyl (C=O) groups excluding carboxylic acids is 2. The largest absolute Gasteiger partial charge is 0.376 e. The van der Waals surface area contributed by atoms with Crippen LogP contribution in [0, 0.1) is 25.2 Å². The summed E-state index contributed by atoms with van der Waals surface area (Å²) in [5, 5.41) is 12.0. The Hall–Kier alpha value is -3.13. The molecule has 0 aliphatic rings. The van der Waals surface area contributed by atoms with Crippen LogP contribution in [0.1, 0.15) is 34.8 Å². The fourth-order valence-corrected chi connectivity index (χ4v) is 2.69. The molecule has 1 N–H and O–H groups in total. The molecule has 2 aromatic carbocycles. The van der Waals surface area contributed by atoms with Crippen molar-refractivity contribution in [3.05, 3.63) is 59.2 Å². The van der Waals surface area contributed by atoms with Crippen LogP contribution in [0.2, 0.25) is 0 Å². The lowest BCUT2D eigenvalue weighted by Gasteiger charge is -2.25. The third kappa shape index (κ3) is 4.70. The number of hydrogen-bond donors (Lipinski definition) is 1. The first-order valence-corrected chi connectivity index (χ1v) is 8.52. The number of aryl methyl sites for hydroxylation is 1. The zero-order valence-corrected chi connectivity index (χ0v) is 15.4. The smallest absolute Gasteiger partial charge is 0.246 e. The van der Waals surface area contributed by atoms with Gasteiger partial charge in [0.1, 0.15) is 0 Å². The quantitative estimate of drug-likeness (QED) is 0.770. The molecule has 2 aromatic rings. The van der Waals surface area contributed by atoms with E-state index in [1.165, 1.54) is 6.92 Å². The van der Waals surface area contributed by atoms with Crippen molar-refractivity contribution in [3.8, 4) is 6.07 Å². The van der Waals surface area contributed by atoms with Crippen LogP contribution in [-0.2, 0) is 4.79 Å². The number of hydrogen-bond acceptors (Lipinski definition) is 4. The summed E-state index contributed by atoms with van der Waals surface area (Å²) in [5.74, 6) is -0.145. The molecular weight excluding hydrogens is 326 g/mol. The van der Waals surface area contributed by atoms with Crippen LogP contribution in [-0.4, -0.2) is 24.8 Å². The number of nitrogens with zero attached hydrogens (tertiary/aromatic N) is 2. The Labute approximate surface area is 154 Å². The van der Waals surface area contributed by atoms with Crippen molar-refractivity contribution < 1.29 is 9.59 Å². The maximum Gasteiger partial charge on any atom is 0.246 e. The summed E-state index contributed by atoms with van der Waals surface area (Å²) in [6.45, 7) is 5.90. The van der Waals surface area contributed by atoms with Crippen LogP contribution in [0.3, 0.4) is 0 Å². The summed E-state index contributed by atoms with van der Waals surface area (Å²) < 4.78 is 0. The molecule has 0 heterocycles. The van der Waals surface area contributed by atoms with Gasteiger partial charge in [0.15, 0.2) is 5.78 Å². The summed E-state index contributed by atoms with van der Waals surface area (Å²) in [5.41, 5.74) is 4.26. The van der Waals surface area contributed by atoms with Gasteiger partial charge in [-0.05, 0) is 50.1 Å². The molecule has 0 aromatic heterocycles. The molecule has 26 heavy (non-hydrogen) atoms. The van der Waals surface area contributed by atoms with E-state index in [4.69, 9.17) is 5.26 Å². The van der Waals surface area contributed by atoms with Crippen molar-refractivity contribution in [2.45, 2.75) is 27.2 Å². The van der Waals surface area contributed by atoms with Gasteiger partial charge >= 0.3 is 0 Å². The molecular formula is C21H23N3O2. The Morgan fingerprint density at radius 2 is 1.88 bits per heavy atom. The first-order chi connectivity index (χ1) is 12.4. The van der Waals surface area contributed by atoms with Crippen molar-refractivity contribution >= 4 is 23.1 Å². The SMILES string of the molecule is CC(=O)c1cccc(NCC(=O)N(CCC#N)c2cccc(C)c2C)c1. The molecule has 0 radical (unpaired) electrons. The van der Waals surface area contributed by atoms with Crippen LogP contribution >= 0.6 is 0 Å². The minimum absolute atomic E-state index is 0.0222. The van der Waals surface area contributed by atoms with Crippen molar-refractivity contribution in [2.75, 3.05) is 23.3 Å². The highest BCUT2D eigenvalue weighted by molar-refractivity contribution is 5.97. The van der Waals surface area contributed by atoms with E-state index in [0.717, 1.165) is 16.8 Å². The summed E-state index contributed by atoms with van der Waals surface area (Å²) in [6, 6.07) is 15.0. The van der Waals surface area contributed by atoms with Crippen LogP contribution in [0.4, 0.5) is 11.4 Å². The third-order valence-corrected chi connectivity index (χ3v) is 4.33. The van der Waals surface area contributed by atoms with Gasteiger partial charge in [0, 0.05) is 23.5 Å². The molecule has 0 fully saturated rings. The number of nitrogens with one attached hydrogen (secondary N) is 1. The van der Waals surface area contributed by atoms with Gasteiger partial charge in [-0.3, -0.25) is 9.59 Å². The minimum atomic E-state index is -0.123. The Morgan fingerprint density at radius 3 is 2.58 bits per heavy atom. The van der Waals surface area contributed by atoms with Crippen molar-refractivity contribution in [2.24, 2.45) is 0 Å². The maximum atomic E-state index is 12.8. The summed E-state index contributed by atoms with van der Waals surface area (Å²) in [7, 11) is 0. The summed E-state index contributed by atoms with van der Waals surface area (Å²) in [4.78, 5) is 25.9. The lowest BCUT2D eigenvalue weighted by molar-refractivity contribution is -0.117. The highest BCUT2D eigenvalue weighted by atomic mass is 16.2. The van der Waals surface area contributed by atoms with E-state index in [2.05, 4.69) is 11.4 Å². The van der Waals surface area contributed by atoms with Crippen LogP contribution in [0.25, 0.3) is 0 Å². The Bertz CT molecular complexity index is 853. The molecule has 134 valence electrons. The van der Waals surface area contributed by atoms with E-state index in [1.54, 1.807) is 23.1 Å². The molecule has 0 aliphatic carbocycles. The predicted octanol–water partition coefficient (Wildman–Crippen LogP) is 3.86. The third-order valence-electron chi connectivity index (χ3n) is 4.33. The second-order valence-electron chi connectivity index (χ2n) is 6.16. The highest BCUT2D eigenvalue weighted by Crippen LogP contribution is 2.23. The molecule has 0 aliphatic heterocycles. The topological polar surface area (TPSA) is 73.2 Å². The molecule has 0 bridgehead atoms. The molecule has 0 unspecified atom stereocenters. The number of anilines is 2. The number of carbonyl (C=O) groups is 2. The zero-order chi connectivity index (χ0) is 19.1. The number of benzene rings is 2. The normalized spacial score (nSPS) is 10.1. The molecule has 2 rings (SSSR count). The van der Waals surface area contributed by atoms with Crippen molar-refractivity contribution in [1.82, 2.24) is 0 Å². The summed E-state index contributed by atoms with van der Waals surface area (Å²) in [6.07, 6.45) is 0.263. The fourth-order valence-electron chi connectivity index (χ4n) is 2.69. The average molecular weight is 349 g/mol. The number of nitriles is 1. The molecule has 5 heteroatoms. The first-order valence-electron chi connectivity index (χ1n) is 8.52. The number of Topliss-reactive ketones (excluding diaryl/α,β-unsaturated/α-hetero) is 1. The molecule has 0 saturated heterocycles. The van der Waals surface area contributed by atoms with E-state index in [9.17, 15) is 9.59 Å². The Balaban J connectivity index is 2.17. The van der Waals surface area contributed by atoms with E-state index in [0.29, 0.717) is 17.8 Å². The van der Waals surface area contributed by atoms with Crippen molar-refractivity contribution in [3.63, 3.8) is 0 Å². The second kappa shape index (κ2) is 8.82. The number of rotatable bonds is 7. The molecule has 0 atom stereocenters. The van der Waals surface area contributed by atoms with Gasteiger partial charge < -0.3 is 10.2 Å². The molecule has 0 spiro atoms. The van der Waals surface area contributed by atoms with Crippen LogP contribution < -0.4 is 10.2 Å². The second-order valence-corrected chi connectivity index (χ2v) is 6.16. The van der Waals surface area contributed by atoms with Gasteiger partial charge in [-0.2, -0.15) is 5.26 Å². The Morgan fingerprint density at radius 1 is 1.15 bits per heavy atom. The van der Waals surface area contributed by atoms with Gasteiger partial charge in [0.2, 0.25) is 5.91 Å². The predicted molar refractivity (Wildman–Crippen MR) is 103 cm³/mol.